The minimum atomic E-state index is -0.420. The van der Waals surface area contributed by atoms with Crippen LogP contribution in [0.25, 0.3) is 0 Å². The van der Waals surface area contributed by atoms with Gasteiger partial charge < -0.3 is 14.7 Å². The van der Waals surface area contributed by atoms with Crippen LogP contribution in [0.4, 0.5) is 4.79 Å². The van der Waals surface area contributed by atoms with E-state index in [1.165, 1.54) is 0 Å². The molecule has 1 aliphatic rings. The molecule has 1 aliphatic heterocycles. The zero-order chi connectivity index (χ0) is 14.6. The Hall–Kier alpha value is -0.770. The summed E-state index contributed by atoms with van der Waals surface area (Å²) in [5.41, 5.74) is -0.420. The molecule has 1 N–H and O–H groups in total. The van der Waals surface area contributed by atoms with Crippen molar-refractivity contribution in [2.45, 2.75) is 53.1 Å². The lowest BCUT2D eigenvalue weighted by Crippen LogP contribution is -2.54. The van der Waals surface area contributed by atoms with Gasteiger partial charge in [0.1, 0.15) is 5.60 Å². The lowest BCUT2D eigenvalue weighted by Gasteiger charge is -2.45. The number of likely N-dealkylation sites (tertiary alicyclic amines) is 1. The lowest BCUT2D eigenvalue weighted by atomic mass is 9.76. The third kappa shape index (κ3) is 5.01. The summed E-state index contributed by atoms with van der Waals surface area (Å²) in [5, 5.41) is 8.95. The second-order valence-electron chi connectivity index (χ2n) is 6.92. The molecular weight excluding hydrogens is 242 g/mol. The number of aliphatic hydroxyl groups is 1. The maximum atomic E-state index is 11.9. The van der Waals surface area contributed by atoms with E-state index < -0.39 is 5.60 Å². The summed E-state index contributed by atoms with van der Waals surface area (Å²) in [4.78, 5) is 13.6. The van der Waals surface area contributed by atoms with Gasteiger partial charge in [0.05, 0.1) is 0 Å². The number of ether oxygens (including phenoxy) is 1. The quantitative estimate of drug-likeness (QED) is 0.836. The average Bonchev–Trinajstić information content (AvgIpc) is 2.17. The second-order valence-corrected chi connectivity index (χ2v) is 6.92. The zero-order valence-electron chi connectivity index (χ0n) is 13.0. The predicted octanol–water partition coefficient (Wildman–Crippen LogP) is 2.90. The number of amides is 1. The molecule has 0 saturated carbocycles. The monoisotopic (exact) mass is 271 g/mol. The molecule has 4 nitrogen and oxygen atoms in total. The molecule has 1 unspecified atom stereocenters. The maximum Gasteiger partial charge on any atom is 0.410 e. The summed E-state index contributed by atoms with van der Waals surface area (Å²) in [5.74, 6) is 1.74. The van der Waals surface area contributed by atoms with Crippen molar-refractivity contribution in [2.75, 3.05) is 19.7 Å². The summed E-state index contributed by atoms with van der Waals surface area (Å²) >= 11 is 0. The number of hydrogen-bond acceptors (Lipinski definition) is 3. The highest BCUT2D eigenvalue weighted by Crippen LogP contribution is 2.33. The Morgan fingerprint density at radius 1 is 1.37 bits per heavy atom. The molecule has 0 aliphatic carbocycles. The van der Waals surface area contributed by atoms with Gasteiger partial charge in [0.2, 0.25) is 0 Å². The van der Waals surface area contributed by atoms with Crippen molar-refractivity contribution >= 4 is 6.09 Å². The molecule has 19 heavy (non-hydrogen) atoms. The zero-order valence-corrected chi connectivity index (χ0v) is 13.0. The third-order valence-corrected chi connectivity index (χ3v) is 3.72. The van der Waals surface area contributed by atoms with Crippen molar-refractivity contribution in [2.24, 2.45) is 17.8 Å². The summed E-state index contributed by atoms with van der Waals surface area (Å²) < 4.78 is 5.36. The summed E-state index contributed by atoms with van der Waals surface area (Å²) in [6.45, 7) is 12.0. The highest BCUT2D eigenvalue weighted by Gasteiger charge is 2.38. The molecule has 1 rings (SSSR count). The fourth-order valence-corrected chi connectivity index (χ4v) is 2.70. The highest BCUT2D eigenvalue weighted by molar-refractivity contribution is 5.69. The molecule has 0 spiro atoms. The van der Waals surface area contributed by atoms with E-state index >= 15 is 0 Å². The highest BCUT2D eigenvalue weighted by atomic mass is 16.6. The Morgan fingerprint density at radius 3 is 2.37 bits per heavy atom. The van der Waals surface area contributed by atoms with Crippen LogP contribution in [0.1, 0.15) is 47.5 Å². The first-order valence-electron chi connectivity index (χ1n) is 7.33. The summed E-state index contributed by atoms with van der Waals surface area (Å²) in [7, 11) is 0. The largest absolute Gasteiger partial charge is 0.444 e. The van der Waals surface area contributed by atoms with Crippen molar-refractivity contribution in [3.05, 3.63) is 0 Å². The van der Waals surface area contributed by atoms with Gasteiger partial charge >= 0.3 is 6.09 Å². The number of hydrogen-bond donors (Lipinski definition) is 1. The van der Waals surface area contributed by atoms with E-state index in [0.29, 0.717) is 17.8 Å². The minimum absolute atomic E-state index is 0.201. The first-order valence-corrected chi connectivity index (χ1v) is 7.33. The van der Waals surface area contributed by atoms with E-state index in [1.807, 2.05) is 20.8 Å². The number of nitrogens with zero attached hydrogens (tertiary/aromatic N) is 1. The standard InChI is InChI=1S/C15H29NO3/c1-11(2)13(7-6-8-17)12-9-16(10-12)14(18)19-15(3,4)5/h11-13,17H,6-10H2,1-5H3. The minimum Gasteiger partial charge on any atom is -0.444 e. The van der Waals surface area contributed by atoms with Gasteiger partial charge in [-0.3, -0.25) is 0 Å². The number of rotatable bonds is 5. The van der Waals surface area contributed by atoms with Crippen LogP contribution in [0.15, 0.2) is 0 Å². The topological polar surface area (TPSA) is 49.8 Å². The van der Waals surface area contributed by atoms with E-state index in [1.54, 1.807) is 4.90 Å². The average molecular weight is 271 g/mol. The Bertz CT molecular complexity index is 290. The van der Waals surface area contributed by atoms with Crippen molar-refractivity contribution < 1.29 is 14.6 Å². The smallest absolute Gasteiger partial charge is 0.410 e. The molecule has 0 aromatic rings. The molecule has 0 aromatic carbocycles. The fourth-order valence-electron chi connectivity index (χ4n) is 2.70. The van der Waals surface area contributed by atoms with E-state index in [4.69, 9.17) is 9.84 Å². The summed E-state index contributed by atoms with van der Waals surface area (Å²) in [6, 6.07) is 0. The molecule has 1 atom stereocenters. The van der Waals surface area contributed by atoms with Crippen LogP contribution in [0.5, 0.6) is 0 Å². The van der Waals surface area contributed by atoms with Crippen LogP contribution < -0.4 is 0 Å². The van der Waals surface area contributed by atoms with Gasteiger partial charge in [0.15, 0.2) is 0 Å². The van der Waals surface area contributed by atoms with Crippen molar-refractivity contribution in [1.82, 2.24) is 4.90 Å². The number of carbonyl (C=O) groups is 1. The van der Waals surface area contributed by atoms with Crippen LogP contribution in [0.3, 0.4) is 0 Å². The molecule has 1 amide bonds. The van der Waals surface area contributed by atoms with Crippen LogP contribution in [-0.4, -0.2) is 41.4 Å². The Morgan fingerprint density at radius 2 is 1.95 bits per heavy atom. The van der Waals surface area contributed by atoms with E-state index in [2.05, 4.69) is 13.8 Å². The Balaban J connectivity index is 2.40. The molecule has 0 bridgehead atoms. The molecule has 1 heterocycles. The van der Waals surface area contributed by atoms with Crippen LogP contribution >= 0.6 is 0 Å². The predicted molar refractivity (Wildman–Crippen MR) is 75.9 cm³/mol. The first kappa shape index (κ1) is 16.3. The van der Waals surface area contributed by atoms with Crippen molar-refractivity contribution in [3.63, 3.8) is 0 Å². The lowest BCUT2D eigenvalue weighted by molar-refractivity contribution is -0.0174. The second kappa shape index (κ2) is 6.60. The van der Waals surface area contributed by atoms with Gasteiger partial charge in [-0.15, -0.1) is 0 Å². The molecule has 4 heteroatoms. The van der Waals surface area contributed by atoms with Crippen LogP contribution in [0.2, 0.25) is 0 Å². The van der Waals surface area contributed by atoms with Crippen LogP contribution in [-0.2, 0) is 4.74 Å². The molecular formula is C15H29NO3. The molecule has 1 fully saturated rings. The van der Waals surface area contributed by atoms with Crippen LogP contribution in [0, 0.1) is 17.8 Å². The van der Waals surface area contributed by atoms with Gasteiger partial charge in [-0.2, -0.15) is 0 Å². The Kier molecular flexibility index (Phi) is 5.65. The Labute approximate surface area is 117 Å². The number of carbonyl (C=O) groups excluding carboxylic acids is 1. The van der Waals surface area contributed by atoms with Crippen molar-refractivity contribution in [3.8, 4) is 0 Å². The molecule has 0 aromatic heterocycles. The van der Waals surface area contributed by atoms with Gasteiger partial charge in [-0.05, 0) is 51.4 Å². The number of aliphatic hydroxyl groups excluding tert-OH is 1. The van der Waals surface area contributed by atoms with Gasteiger partial charge in [-0.1, -0.05) is 13.8 Å². The van der Waals surface area contributed by atoms with E-state index in [-0.39, 0.29) is 12.7 Å². The third-order valence-electron chi connectivity index (χ3n) is 3.72. The molecule has 112 valence electrons. The maximum absolute atomic E-state index is 11.9. The first-order chi connectivity index (χ1) is 8.74. The molecule has 1 saturated heterocycles. The fraction of sp³-hybridized carbons (Fsp3) is 0.933. The normalized spacial score (nSPS) is 18.4. The summed E-state index contributed by atoms with van der Waals surface area (Å²) in [6.07, 6.45) is 1.70. The van der Waals surface area contributed by atoms with Gasteiger partial charge in [0, 0.05) is 19.7 Å². The van der Waals surface area contributed by atoms with Crippen molar-refractivity contribution in [1.29, 1.82) is 0 Å². The van der Waals surface area contributed by atoms with E-state index in [9.17, 15) is 4.79 Å². The SMILES string of the molecule is CC(C)C(CCCO)C1CN(C(=O)OC(C)(C)C)C1. The van der Waals surface area contributed by atoms with Gasteiger partial charge in [-0.25, -0.2) is 4.79 Å². The van der Waals surface area contributed by atoms with Gasteiger partial charge in [0.25, 0.3) is 0 Å². The van der Waals surface area contributed by atoms with E-state index in [0.717, 1.165) is 25.9 Å². The molecule has 0 radical (unpaired) electrons.